The summed E-state index contributed by atoms with van der Waals surface area (Å²) >= 11 is 0. The average molecular weight is 287 g/mol. The molecule has 1 aromatic rings. The number of halogens is 2. The molecular formula is C14H19F2NO3. The van der Waals surface area contributed by atoms with E-state index in [0.29, 0.717) is 19.6 Å². The summed E-state index contributed by atoms with van der Waals surface area (Å²) in [6, 6.07) is 4.78. The van der Waals surface area contributed by atoms with Crippen LogP contribution in [0.4, 0.5) is 8.78 Å². The summed E-state index contributed by atoms with van der Waals surface area (Å²) in [4.78, 5) is 1.97. The summed E-state index contributed by atoms with van der Waals surface area (Å²) < 4.78 is 33.9. The molecule has 0 spiro atoms. The summed E-state index contributed by atoms with van der Waals surface area (Å²) in [5.41, 5.74) is 0.874. The zero-order valence-corrected chi connectivity index (χ0v) is 11.4. The number of methoxy groups -OCH3 is 1. The van der Waals surface area contributed by atoms with Crippen molar-refractivity contribution in [1.29, 1.82) is 0 Å². The van der Waals surface area contributed by atoms with E-state index < -0.39 is 6.61 Å². The summed E-state index contributed by atoms with van der Waals surface area (Å²) in [5, 5.41) is 8.98. The molecule has 0 aliphatic heterocycles. The van der Waals surface area contributed by atoms with Crippen LogP contribution in [0.15, 0.2) is 30.9 Å². The second kappa shape index (κ2) is 8.50. The van der Waals surface area contributed by atoms with Gasteiger partial charge in [0.15, 0.2) is 11.5 Å². The Bertz CT molecular complexity index is 427. The number of benzene rings is 1. The Labute approximate surface area is 117 Å². The number of hydrogen-bond donors (Lipinski definition) is 1. The van der Waals surface area contributed by atoms with Gasteiger partial charge in [0.05, 0.1) is 13.7 Å². The van der Waals surface area contributed by atoms with Crippen molar-refractivity contribution in [3.63, 3.8) is 0 Å². The van der Waals surface area contributed by atoms with Crippen molar-refractivity contribution >= 4 is 0 Å². The van der Waals surface area contributed by atoms with Gasteiger partial charge in [0.2, 0.25) is 0 Å². The van der Waals surface area contributed by atoms with Crippen LogP contribution in [0, 0.1) is 0 Å². The van der Waals surface area contributed by atoms with Crippen molar-refractivity contribution in [1.82, 2.24) is 4.90 Å². The highest BCUT2D eigenvalue weighted by atomic mass is 19.3. The maximum atomic E-state index is 12.2. The van der Waals surface area contributed by atoms with E-state index in [-0.39, 0.29) is 18.1 Å². The predicted octanol–water partition coefficient (Wildman–Crippen LogP) is 2.28. The van der Waals surface area contributed by atoms with Gasteiger partial charge < -0.3 is 14.6 Å². The maximum Gasteiger partial charge on any atom is 0.387 e. The lowest BCUT2D eigenvalue weighted by Crippen LogP contribution is -2.26. The molecule has 0 aromatic heterocycles. The number of aliphatic hydroxyl groups excluding tert-OH is 1. The van der Waals surface area contributed by atoms with E-state index in [0.717, 1.165) is 5.56 Å². The van der Waals surface area contributed by atoms with Crippen molar-refractivity contribution in [3.8, 4) is 11.5 Å². The standard InChI is InChI=1S/C14H19F2NO3/c1-3-6-17(7-8-18)10-11-4-5-12(20-14(15)16)13(9-11)19-2/h3-5,9,14,18H,1,6-8,10H2,2H3. The lowest BCUT2D eigenvalue weighted by Gasteiger charge is -2.20. The molecule has 0 radical (unpaired) electrons. The Morgan fingerprint density at radius 1 is 1.40 bits per heavy atom. The van der Waals surface area contributed by atoms with Crippen LogP contribution in [0.2, 0.25) is 0 Å². The fraction of sp³-hybridized carbons (Fsp3) is 0.429. The van der Waals surface area contributed by atoms with Gasteiger partial charge in [-0.25, -0.2) is 0 Å². The van der Waals surface area contributed by atoms with Crippen LogP contribution in [0.1, 0.15) is 5.56 Å². The molecule has 0 unspecified atom stereocenters. The summed E-state index contributed by atoms with van der Waals surface area (Å²) in [7, 11) is 1.40. The molecule has 6 heteroatoms. The maximum absolute atomic E-state index is 12.2. The van der Waals surface area contributed by atoms with Crippen LogP contribution in [-0.2, 0) is 6.54 Å². The molecule has 0 atom stereocenters. The molecule has 1 rings (SSSR count). The van der Waals surface area contributed by atoms with E-state index in [9.17, 15) is 8.78 Å². The van der Waals surface area contributed by atoms with E-state index in [1.54, 1.807) is 18.2 Å². The lowest BCUT2D eigenvalue weighted by molar-refractivity contribution is -0.0512. The average Bonchev–Trinajstić information content (AvgIpc) is 2.40. The third kappa shape index (κ3) is 5.14. The molecule has 0 aliphatic rings. The molecule has 0 aliphatic carbocycles. The Morgan fingerprint density at radius 2 is 2.15 bits per heavy atom. The van der Waals surface area contributed by atoms with Gasteiger partial charge in [-0.2, -0.15) is 8.78 Å². The van der Waals surface area contributed by atoms with E-state index in [1.807, 2.05) is 4.90 Å². The van der Waals surface area contributed by atoms with Crippen molar-refractivity contribution in [2.75, 3.05) is 26.8 Å². The van der Waals surface area contributed by atoms with E-state index >= 15 is 0 Å². The zero-order chi connectivity index (χ0) is 15.0. The largest absolute Gasteiger partial charge is 0.493 e. The molecule has 0 fully saturated rings. The first-order valence-electron chi connectivity index (χ1n) is 6.16. The Morgan fingerprint density at radius 3 is 2.70 bits per heavy atom. The number of ether oxygens (including phenoxy) is 2. The van der Waals surface area contributed by atoms with Gasteiger partial charge in [-0.3, -0.25) is 4.90 Å². The molecule has 0 saturated heterocycles. The third-order valence-corrected chi connectivity index (χ3v) is 2.65. The van der Waals surface area contributed by atoms with Gasteiger partial charge in [0.25, 0.3) is 0 Å². The van der Waals surface area contributed by atoms with Gasteiger partial charge >= 0.3 is 6.61 Å². The van der Waals surface area contributed by atoms with Gasteiger partial charge in [-0.1, -0.05) is 12.1 Å². The SMILES string of the molecule is C=CCN(CCO)Cc1ccc(OC(F)F)c(OC)c1. The number of alkyl halides is 2. The molecule has 20 heavy (non-hydrogen) atoms. The first-order valence-corrected chi connectivity index (χ1v) is 6.16. The van der Waals surface area contributed by atoms with Crippen molar-refractivity contribution in [2.45, 2.75) is 13.2 Å². The minimum Gasteiger partial charge on any atom is -0.493 e. The Balaban J connectivity index is 2.82. The molecule has 1 aromatic carbocycles. The molecule has 0 heterocycles. The first-order chi connectivity index (χ1) is 9.60. The second-order valence-corrected chi connectivity index (χ2v) is 4.11. The van der Waals surface area contributed by atoms with E-state index in [1.165, 1.54) is 13.2 Å². The van der Waals surface area contributed by atoms with Crippen LogP contribution < -0.4 is 9.47 Å². The summed E-state index contributed by atoms with van der Waals surface area (Å²) in [6.07, 6.45) is 1.74. The molecular weight excluding hydrogens is 268 g/mol. The number of aliphatic hydroxyl groups is 1. The van der Waals surface area contributed by atoms with Gasteiger partial charge in [-0.15, -0.1) is 6.58 Å². The van der Waals surface area contributed by atoms with Crippen molar-refractivity contribution < 1.29 is 23.4 Å². The summed E-state index contributed by atoms with van der Waals surface area (Å²) in [5.74, 6) is 0.258. The van der Waals surface area contributed by atoms with Crippen LogP contribution in [0.5, 0.6) is 11.5 Å². The highest BCUT2D eigenvalue weighted by molar-refractivity contribution is 5.43. The number of nitrogens with zero attached hydrogens (tertiary/aromatic N) is 1. The Hall–Kier alpha value is -1.66. The fourth-order valence-corrected chi connectivity index (χ4v) is 1.82. The zero-order valence-electron chi connectivity index (χ0n) is 11.4. The van der Waals surface area contributed by atoms with Crippen LogP contribution in [0.3, 0.4) is 0 Å². The number of rotatable bonds is 9. The van der Waals surface area contributed by atoms with E-state index in [2.05, 4.69) is 11.3 Å². The quantitative estimate of drug-likeness (QED) is 0.708. The molecule has 1 N–H and O–H groups in total. The van der Waals surface area contributed by atoms with E-state index in [4.69, 9.17) is 9.84 Å². The van der Waals surface area contributed by atoms with Gasteiger partial charge in [-0.05, 0) is 17.7 Å². The molecule has 4 nitrogen and oxygen atoms in total. The molecule has 0 amide bonds. The van der Waals surface area contributed by atoms with Gasteiger partial charge in [0, 0.05) is 19.6 Å². The molecule has 112 valence electrons. The smallest absolute Gasteiger partial charge is 0.387 e. The molecule has 0 bridgehead atoms. The highest BCUT2D eigenvalue weighted by Crippen LogP contribution is 2.29. The summed E-state index contributed by atoms with van der Waals surface area (Å²) in [6.45, 7) is 2.49. The normalized spacial score (nSPS) is 10.9. The first kappa shape index (κ1) is 16.4. The second-order valence-electron chi connectivity index (χ2n) is 4.11. The minimum absolute atomic E-state index is 0.00341. The minimum atomic E-state index is -2.89. The van der Waals surface area contributed by atoms with Crippen molar-refractivity contribution in [3.05, 3.63) is 36.4 Å². The van der Waals surface area contributed by atoms with Crippen LogP contribution >= 0.6 is 0 Å². The van der Waals surface area contributed by atoms with Gasteiger partial charge in [0.1, 0.15) is 0 Å². The number of hydrogen-bond acceptors (Lipinski definition) is 4. The monoisotopic (exact) mass is 287 g/mol. The highest BCUT2D eigenvalue weighted by Gasteiger charge is 2.12. The van der Waals surface area contributed by atoms with Crippen LogP contribution in [0.25, 0.3) is 0 Å². The predicted molar refractivity (Wildman–Crippen MR) is 72.2 cm³/mol. The third-order valence-electron chi connectivity index (χ3n) is 2.65. The fourth-order valence-electron chi connectivity index (χ4n) is 1.82. The lowest BCUT2D eigenvalue weighted by atomic mass is 10.2. The Kier molecular flexibility index (Phi) is 6.97. The topological polar surface area (TPSA) is 41.9 Å². The van der Waals surface area contributed by atoms with Crippen molar-refractivity contribution in [2.24, 2.45) is 0 Å². The van der Waals surface area contributed by atoms with Crippen LogP contribution in [-0.4, -0.2) is 43.4 Å². The molecule has 0 saturated carbocycles.